The van der Waals surface area contributed by atoms with Crippen LogP contribution in [0.25, 0.3) is 66.7 Å². The zero-order valence-corrected chi connectivity index (χ0v) is 21.0. The van der Waals surface area contributed by atoms with Crippen LogP contribution in [0, 0.1) is 52.2 Å². The maximum Gasteiger partial charge on any atom is 0.416 e. The van der Waals surface area contributed by atoms with Gasteiger partial charge in [0.2, 0.25) is 0 Å². The van der Waals surface area contributed by atoms with Gasteiger partial charge in [-0.2, -0.15) is 34.2 Å². The SMILES string of the molecule is Cc1cc(C(F)(F)F)cc2nc3c4nc5nc(C#N)c(C#N)nc5nc4c4nc5nc(C#N)c(C#N)nc5nc4c3nc12. The van der Waals surface area contributed by atoms with Crippen molar-refractivity contribution >= 4 is 66.7 Å². The molecule has 0 fully saturated rings. The summed E-state index contributed by atoms with van der Waals surface area (Å²) in [5.41, 5.74) is -2.32. The average molecular weight is 570 g/mol. The maximum absolute atomic E-state index is 13.6. The van der Waals surface area contributed by atoms with Gasteiger partial charge in [0, 0.05) is 0 Å². The molecule has 0 N–H and O–H groups in total. The number of nitriles is 4. The summed E-state index contributed by atoms with van der Waals surface area (Å²) < 4.78 is 40.9. The van der Waals surface area contributed by atoms with Gasteiger partial charge in [-0.1, -0.05) is 0 Å². The molecule has 7 rings (SSSR count). The molecule has 7 aromatic rings. The minimum absolute atomic E-state index is 0.00527. The summed E-state index contributed by atoms with van der Waals surface area (Å²) in [7, 11) is 0. The first kappa shape index (κ1) is 25.1. The van der Waals surface area contributed by atoms with E-state index in [2.05, 4.69) is 49.8 Å². The van der Waals surface area contributed by atoms with Crippen LogP contribution in [-0.2, 0) is 6.18 Å². The number of alkyl halides is 3. The Morgan fingerprint density at radius 1 is 0.488 bits per heavy atom. The molecular formula is C26H5F3N14. The molecule has 0 spiro atoms. The monoisotopic (exact) mass is 570 g/mol. The van der Waals surface area contributed by atoms with Crippen molar-refractivity contribution in [1.29, 1.82) is 21.0 Å². The van der Waals surface area contributed by atoms with Gasteiger partial charge in [-0.3, -0.25) is 0 Å². The van der Waals surface area contributed by atoms with Crippen molar-refractivity contribution in [2.75, 3.05) is 0 Å². The number of rotatable bonds is 0. The van der Waals surface area contributed by atoms with E-state index >= 15 is 0 Å². The van der Waals surface area contributed by atoms with Crippen molar-refractivity contribution < 1.29 is 13.2 Å². The van der Waals surface area contributed by atoms with Crippen LogP contribution in [0.4, 0.5) is 13.2 Å². The Kier molecular flexibility index (Phi) is 5.01. The first-order chi connectivity index (χ1) is 20.6. The number of aromatic nitrogens is 10. The van der Waals surface area contributed by atoms with E-state index < -0.39 is 11.7 Å². The Morgan fingerprint density at radius 3 is 1.19 bits per heavy atom. The average Bonchev–Trinajstić information content (AvgIpc) is 3.00. The van der Waals surface area contributed by atoms with Gasteiger partial charge in [0.1, 0.15) is 57.4 Å². The Hall–Kier alpha value is -6.85. The largest absolute Gasteiger partial charge is 0.416 e. The van der Waals surface area contributed by atoms with Crippen LogP contribution in [-0.4, -0.2) is 49.8 Å². The lowest BCUT2D eigenvalue weighted by atomic mass is 10.1. The molecule has 0 saturated carbocycles. The fraction of sp³-hybridized carbons (Fsp3) is 0.0769. The van der Waals surface area contributed by atoms with E-state index in [1.165, 1.54) is 6.92 Å². The minimum Gasteiger partial charge on any atom is -0.242 e. The molecule has 2 aromatic carbocycles. The summed E-state index contributed by atoms with van der Waals surface area (Å²) in [6.07, 6.45) is -4.65. The van der Waals surface area contributed by atoms with E-state index in [0.717, 1.165) is 12.1 Å². The zero-order chi connectivity index (χ0) is 30.2. The summed E-state index contributed by atoms with van der Waals surface area (Å²) in [6.45, 7) is 1.45. The van der Waals surface area contributed by atoms with Crippen molar-refractivity contribution in [1.82, 2.24) is 49.8 Å². The normalized spacial score (nSPS) is 11.6. The predicted molar refractivity (Wildman–Crippen MR) is 138 cm³/mol. The molecule has 0 aliphatic carbocycles. The van der Waals surface area contributed by atoms with Crippen molar-refractivity contribution in [2.45, 2.75) is 13.1 Å². The quantitative estimate of drug-likeness (QED) is 0.188. The molecule has 5 heterocycles. The van der Waals surface area contributed by atoms with Gasteiger partial charge in [0.05, 0.1) is 16.6 Å². The molecule has 0 amide bonds. The highest BCUT2D eigenvalue weighted by Gasteiger charge is 2.32. The molecular weight excluding hydrogens is 565 g/mol. The molecule has 17 heteroatoms. The van der Waals surface area contributed by atoms with Gasteiger partial charge >= 0.3 is 6.18 Å². The highest BCUT2D eigenvalue weighted by atomic mass is 19.4. The third kappa shape index (κ3) is 3.63. The molecule has 200 valence electrons. The fourth-order valence-electron chi connectivity index (χ4n) is 4.57. The predicted octanol–water partition coefficient (Wildman–Crippen LogP) is 3.37. The maximum atomic E-state index is 13.6. The van der Waals surface area contributed by atoms with Crippen molar-refractivity contribution in [3.05, 3.63) is 46.0 Å². The van der Waals surface area contributed by atoms with Crippen molar-refractivity contribution in [3.8, 4) is 24.3 Å². The molecule has 0 unspecified atom stereocenters. The molecule has 0 aliphatic heterocycles. The van der Waals surface area contributed by atoms with E-state index in [1.54, 1.807) is 24.3 Å². The second-order valence-corrected chi connectivity index (χ2v) is 9.00. The van der Waals surface area contributed by atoms with Crippen LogP contribution in [0.15, 0.2) is 12.1 Å². The van der Waals surface area contributed by atoms with Gasteiger partial charge < -0.3 is 0 Å². The van der Waals surface area contributed by atoms with E-state index in [1.807, 2.05) is 0 Å². The smallest absolute Gasteiger partial charge is 0.242 e. The lowest BCUT2D eigenvalue weighted by Crippen LogP contribution is -2.07. The Balaban J connectivity index is 1.73. The number of aryl methyl sites for hydroxylation is 1. The highest BCUT2D eigenvalue weighted by Crippen LogP contribution is 2.36. The van der Waals surface area contributed by atoms with E-state index in [4.69, 9.17) is 0 Å². The summed E-state index contributed by atoms with van der Waals surface area (Å²) in [6, 6.07) is 8.87. The third-order valence-electron chi connectivity index (χ3n) is 6.42. The number of fused-ring (bicyclic) bond motifs is 9. The minimum atomic E-state index is -4.65. The second-order valence-electron chi connectivity index (χ2n) is 9.00. The first-order valence-corrected chi connectivity index (χ1v) is 11.8. The molecule has 0 saturated heterocycles. The number of nitrogens with zero attached hydrogens (tertiary/aromatic N) is 14. The number of hydrogen-bond acceptors (Lipinski definition) is 14. The van der Waals surface area contributed by atoms with Gasteiger partial charge in [-0.15, -0.1) is 0 Å². The molecule has 14 nitrogen and oxygen atoms in total. The summed E-state index contributed by atoms with van der Waals surface area (Å²) in [4.78, 5) is 43.3. The molecule has 43 heavy (non-hydrogen) atoms. The molecule has 5 aromatic heterocycles. The Morgan fingerprint density at radius 2 is 0.837 bits per heavy atom. The molecule has 0 atom stereocenters. The van der Waals surface area contributed by atoms with Crippen LogP contribution >= 0.6 is 0 Å². The number of halogens is 3. The molecule has 0 aliphatic rings. The molecule has 0 radical (unpaired) electrons. The van der Waals surface area contributed by atoms with Crippen molar-refractivity contribution in [3.63, 3.8) is 0 Å². The van der Waals surface area contributed by atoms with E-state index in [-0.39, 0.29) is 95.1 Å². The molecule has 0 bridgehead atoms. The van der Waals surface area contributed by atoms with Crippen molar-refractivity contribution in [2.24, 2.45) is 0 Å². The Labute approximate surface area is 234 Å². The topological polar surface area (TPSA) is 224 Å². The third-order valence-corrected chi connectivity index (χ3v) is 6.42. The summed E-state index contributed by atoms with van der Waals surface area (Å²) in [5, 5.41) is 37.7. The Bertz CT molecular complexity index is 2620. The summed E-state index contributed by atoms with van der Waals surface area (Å²) in [5.74, 6) is 0. The number of hydrogen-bond donors (Lipinski definition) is 0. The lowest BCUT2D eigenvalue weighted by molar-refractivity contribution is -0.137. The fourth-order valence-corrected chi connectivity index (χ4v) is 4.57. The zero-order valence-electron chi connectivity index (χ0n) is 21.0. The lowest BCUT2D eigenvalue weighted by Gasteiger charge is -2.12. The van der Waals surface area contributed by atoms with Gasteiger partial charge in [-0.05, 0) is 24.6 Å². The van der Waals surface area contributed by atoms with E-state index in [0.29, 0.717) is 0 Å². The van der Waals surface area contributed by atoms with Crippen LogP contribution in [0.1, 0.15) is 33.9 Å². The van der Waals surface area contributed by atoms with Crippen LogP contribution in [0.5, 0.6) is 0 Å². The standard InChI is InChI=1S/C26H5F3N14/c1-8-2-9(26(27,28)29)3-10-15(8)39-17-16(34-10)18-20(42-24-22(40-18)35-11(4-30)13(6-32)37-24)21-19(17)41-23-25(43-21)38-14(7-33)12(5-31)36-23/h2-3H,1H3. The van der Waals surface area contributed by atoms with Gasteiger partial charge in [0.15, 0.2) is 45.4 Å². The summed E-state index contributed by atoms with van der Waals surface area (Å²) >= 11 is 0. The highest BCUT2D eigenvalue weighted by molar-refractivity contribution is 6.20. The number of benzene rings is 2. The van der Waals surface area contributed by atoms with Crippen LogP contribution in [0.3, 0.4) is 0 Å². The van der Waals surface area contributed by atoms with Crippen LogP contribution in [0.2, 0.25) is 0 Å². The van der Waals surface area contributed by atoms with Crippen LogP contribution < -0.4 is 0 Å². The van der Waals surface area contributed by atoms with Gasteiger partial charge in [-0.25, -0.2) is 49.8 Å². The first-order valence-electron chi connectivity index (χ1n) is 11.8. The second kappa shape index (κ2) is 8.57. The van der Waals surface area contributed by atoms with E-state index in [9.17, 15) is 34.2 Å². The van der Waals surface area contributed by atoms with Gasteiger partial charge in [0.25, 0.3) is 0 Å².